The van der Waals surface area contributed by atoms with Gasteiger partial charge in [-0.25, -0.2) is 9.78 Å². The highest BCUT2D eigenvalue weighted by Crippen LogP contribution is 2.27. The molecule has 2 bridgehead atoms. The maximum absolute atomic E-state index is 12.1. The van der Waals surface area contributed by atoms with Crippen LogP contribution in [0.1, 0.15) is 33.1 Å². The molecule has 1 unspecified atom stereocenters. The lowest BCUT2D eigenvalue weighted by Gasteiger charge is -2.44. The van der Waals surface area contributed by atoms with Crippen LogP contribution in [0, 0.1) is 5.92 Å². The molecule has 2 N–H and O–H groups in total. The van der Waals surface area contributed by atoms with Gasteiger partial charge in [0.2, 0.25) is 0 Å². The molecule has 3 fully saturated rings. The molecule has 7 heteroatoms. The molecule has 0 aliphatic carbocycles. The van der Waals surface area contributed by atoms with Gasteiger partial charge in [-0.2, -0.15) is 0 Å². The molecule has 0 aromatic carbocycles. The summed E-state index contributed by atoms with van der Waals surface area (Å²) in [6.07, 6.45) is 2.26. The van der Waals surface area contributed by atoms with Gasteiger partial charge in [0.15, 0.2) is 10.7 Å². The molecular formula is C12H15N3O3S. The van der Waals surface area contributed by atoms with E-state index < -0.39 is 5.97 Å². The molecule has 19 heavy (non-hydrogen) atoms. The Hall–Kier alpha value is -1.47. The van der Waals surface area contributed by atoms with Crippen molar-refractivity contribution >= 4 is 23.2 Å². The number of hydrogen-bond donors (Lipinski definition) is 2. The Kier molecular flexibility index (Phi) is 3.24. The van der Waals surface area contributed by atoms with E-state index in [9.17, 15) is 9.59 Å². The molecule has 0 spiro atoms. The summed E-state index contributed by atoms with van der Waals surface area (Å²) >= 11 is 1.08. The van der Waals surface area contributed by atoms with Crippen molar-refractivity contribution in [3.8, 4) is 0 Å². The summed E-state index contributed by atoms with van der Waals surface area (Å²) in [5.74, 6) is -0.803. The number of hydrogen-bond acceptors (Lipinski definition) is 5. The monoisotopic (exact) mass is 281 g/mol. The zero-order valence-electron chi connectivity index (χ0n) is 10.3. The highest BCUT2D eigenvalue weighted by atomic mass is 32.1. The Balaban J connectivity index is 1.66. The number of piperidine rings is 3. The van der Waals surface area contributed by atoms with Gasteiger partial charge in [-0.1, -0.05) is 0 Å². The second kappa shape index (κ2) is 4.90. The van der Waals surface area contributed by atoms with Crippen molar-refractivity contribution < 1.29 is 14.7 Å². The van der Waals surface area contributed by atoms with Gasteiger partial charge in [0.1, 0.15) is 0 Å². The molecule has 1 atom stereocenters. The Morgan fingerprint density at radius 3 is 2.68 bits per heavy atom. The molecule has 1 amide bonds. The average Bonchev–Trinajstić information content (AvgIpc) is 2.90. The van der Waals surface area contributed by atoms with Gasteiger partial charge in [0, 0.05) is 18.0 Å². The maximum Gasteiger partial charge on any atom is 0.355 e. The molecule has 1 aromatic rings. The summed E-state index contributed by atoms with van der Waals surface area (Å²) < 4.78 is 0. The second-order valence-corrected chi connectivity index (χ2v) is 5.92. The minimum atomic E-state index is -1.10. The molecular weight excluding hydrogens is 266 g/mol. The third kappa shape index (κ3) is 2.48. The summed E-state index contributed by atoms with van der Waals surface area (Å²) in [6, 6.07) is 0.173. The molecule has 1 aromatic heterocycles. The maximum atomic E-state index is 12.1. The van der Waals surface area contributed by atoms with E-state index >= 15 is 0 Å². The molecule has 0 saturated carbocycles. The lowest BCUT2D eigenvalue weighted by Crippen LogP contribution is -2.57. The highest BCUT2D eigenvalue weighted by molar-refractivity contribution is 7.11. The van der Waals surface area contributed by atoms with Gasteiger partial charge in [-0.3, -0.25) is 4.79 Å². The average molecular weight is 281 g/mol. The number of thiazole rings is 1. The lowest BCUT2D eigenvalue weighted by atomic mass is 9.84. The van der Waals surface area contributed by atoms with Crippen molar-refractivity contribution in [1.82, 2.24) is 15.2 Å². The molecule has 4 rings (SSSR count). The molecule has 102 valence electrons. The predicted molar refractivity (Wildman–Crippen MR) is 69.5 cm³/mol. The molecule has 4 heterocycles. The van der Waals surface area contributed by atoms with E-state index in [2.05, 4.69) is 15.2 Å². The highest BCUT2D eigenvalue weighted by Gasteiger charge is 2.35. The number of aromatic nitrogens is 1. The first-order valence-electron chi connectivity index (χ1n) is 6.35. The fourth-order valence-electron chi connectivity index (χ4n) is 2.83. The van der Waals surface area contributed by atoms with E-state index in [0.717, 1.165) is 43.8 Å². The van der Waals surface area contributed by atoms with Gasteiger partial charge in [0.25, 0.3) is 5.91 Å². The number of fused-ring (bicyclic) bond motifs is 3. The van der Waals surface area contributed by atoms with Crippen LogP contribution in [0.25, 0.3) is 0 Å². The fraction of sp³-hybridized carbons (Fsp3) is 0.583. The SMILES string of the molecule is O=C(O)c1csc(C(=O)NC2CN3CCC2CC3)n1. The molecule has 3 saturated heterocycles. The van der Waals surface area contributed by atoms with Crippen LogP contribution >= 0.6 is 11.3 Å². The number of nitrogens with zero attached hydrogens (tertiary/aromatic N) is 2. The van der Waals surface area contributed by atoms with E-state index in [4.69, 9.17) is 5.11 Å². The van der Waals surface area contributed by atoms with Crippen LogP contribution in [0.5, 0.6) is 0 Å². The number of rotatable bonds is 3. The summed E-state index contributed by atoms with van der Waals surface area (Å²) in [5, 5.41) is 13.4. The number of nitrogens with one attached hydrogen (secondary N) is 1. The van der Waals surface area contributed by atoms with E-state index in [0.29, 0.717) is 5.92 Å². The van der Waals surface area contributed by atoms with E-state index in [-0.39, 0.29) is 22.7 Å². The lowest BCUT2D eigenvalue weighted by molar-refractivity contribution is 0.0620. The molecule has 3 aliphatic heterocycles. The van der Waals surface area contributed by atoms with Gasteiger partial charge < -0.3 is 15.3 Å². The Bertz CT molecular complexity index is 508. The first-order valence-corrected chi connectivity index (χ1v) is 7.23. The van der Waals surface area contributed by atoms with Crippen molar-refractivity contribution in [3.05, 3.63) is 16.1 Å². The molecule has 3 aliphatic rings. The van der Waals surface area contributed by atoms with E-state index in [1.807, 2.05) is 0 Å². The Morgan fingerprint density at radius 2 is 2.16 bits per heavy atom. The number of aromatic carboxylic acids is 1. The number of carbonyl (C=O) groups is 2. The number of carboxylic acid groups (broad SMARTS) is 1. The van der Waals surface area contributed by atoms with Crippen LogP contribution < -0.4 is 5.32 Å². The standard InChI is InChI=1S/C12H15N3O3S/c16-10(11-14-9(6-19-11)12(17)18)13-8-5-15-3-1-7(8)2-4-15/h6-8H,1-5H2,(H,13,16)(H,17,18). The van der Waals surface area contributed by atoms with Crippen molar-refractivity contribution in [3.63, 3.8) is 0 Å². The molecule has 0 radical (unpaired) electrons. The predicted octanol–water partition coefficient (Wildman–Crippen LogP) is 0.665. The van der Waals surface area contributed by atoms with Crippen LogP contribution in [0.4, 0.5) is 0 Å². The smallest absolute Gasteiger partial charge is 0.355 e. The van der Waals surface area contributed by atoms with Gasteiger partial charge in [0.05, 0.1) is 0 Å². The topological polar surface area (TPSA) is 82.5 Å². The van der Waals surface area contributed by atoms with Crippen molar-refractivity contribution in [2.75, 3.05) is 19.6 Å². The van der Waals surface area contributed by atoms with E-state index in [1.165, 1.54) is 5.38 Å². The Labute approximate surface area is 114 Å². The zero-order valence-corrected chi connectivity index (χ0v) is 11.2. The largest absolute Gasteiger partial charge is 0.476 e. The van der Waals surface area contributed by atoms with Gasteiger partial charge in [-0.05, 0) is 31.8 Å². The van der Waals surface area contributed by atoms with Crippen molar-refractivity contribution in [1.29, 1.82) is 0 Å². The van der Waals surface area contributed by atoms with Crippen LogP contribution in [0.2, 0.25) is 0 Å². The zero-order chi connectivity index (χ0) is 13.4. The van der Waals surface area contributed by atoms with Crippen molar-refractivity contribution in [2.45, 2.75) is 18.9 Å². The summed E-state index contributed by atoms with van der Waals surface area (Å²) in [4.78, 5) is 29.0. The summed E-state index contributed by atoms with van der Waals surface area (Å²) in [7, 11) is 0. The first-order chi connectivity index (χ1) is 9.13. The normalized spacial score (nSPS) is 29.2. The number of amides is 1. The minimum absolute atomic E-state index is 0.0657. The Morgan fingerprint density at radius 1 is 1.42 bits per heavy atom. The number of carboxylic acids is 1. The number of carbonyl (C=O) groups excluding carboxylic acids is 1. The van der Waals surface area contributed by atoms with Gasteiger partial charge >= 0.3 is 5.97 Å². The summed E-state index contributed by atoms with van der Waals surface area (Å²) in [6.45, 7) is 3.14. The first kappa shape index (κ1) is 12.6. The minimum Gasteiger partial charge on any atom is -0.476 e. The third-order valence-electron chi connectivity index (χ3n) is 3.89. The second-order valence-electron chi connectivity index (χ2n) is 5.06. The third-order valence-corrected chi connectivity index (χ3v) is 4.73. The van der Waals surface area contributed by atoms with Crippen LogP contribution in [0.15, 0.2) is 5.38 Å². The van der Waals surface area contributed by atoms with Gasteiger partial charge in [-0.15, -0.1) is 11.3 Å². The summed E-state index contributed by atoms with van der Waals surface area (Å²) in [5.41, 5.74) is -0.0657. The van der Waals surface area contributed by atoms with Crippen molar-refractivity contribution in [2.24, 2.45) is 5.92 Å². The van der Waals surface area contributed by atoms with Crippen LogP contribution in [-0.2, 0) is 0 Å². The quantitative estimate of drug-likeness (QED) is 0.850. The molecule has 6 nitrogen and oxygen atoms in total. The van der Waals surface area contributed by atoms with E-state index in [1.54, 1.807) is 0 Å². The van der Waals surface area contributed by atoms with Crippen LogP contribution in [0.3, 0.4) is 0 Å². The van der Waals surface area contributed by atoms with Crippen LogP contribution in [-0.4, -0.2) is 52.5 Å². The fourth-order valence-corrected chi connectivity index (χ4v) is 3.53.